The maximum absolute atomic E-state index is 11.4. The molecule has 96 valence electrons. The van der Waals surface area contributed by atoms with Crippen molar-refractivity contribution < 1.29 is 13.5 Å². The van der Waals surface area contributed by atoms with Crippen LogP contribution < -0.4 is 0 Å². The van der Waals surface area contributed by atoms with Gasteiger partial charge in [0, 0.05) is 18.0 Å². The third-order valence-corrected chi connectivity index (χ3v) is 3.69. The molecule has 1 atom stereocenters. The van der Waals surface area contributed by atoms with Crippen molar-refractivity contribution in [2.75, 3.05) is 6.26 Å². The number of sulfone groups is 1. The Morgan fingerprint density at radius 3 is 2.56 bits per heavy atom. The average molecular weight is 266 g/mol. The number of benzene rings is 1. The van der Waals surface area contributed by atoms with Crippen molar-refractivity contribution in [3.05, 3.63) is 42.2 Å². The maximum atomic E-state index is 11.4. The average Bonchev–Trinajstić information content (AvgIpc) is 2.77. The molecule has 2 rings (SSSR count). The predicted octanol–water partition coefficient (Wildman–Crippen LogP) is 1.33. The molecule has 0 aliphatic carbocycles. The summed E-state index contributed by atoms with van der Waals surface area (Å²) in [4.78, 5) is 0.155. The quantitative estimate of drug-likeness (QED) is 0.909. The van der Waals surface area contributed by atoms with Crippen LogP contribution in [-0.2, 0) is 9.84 Å². The molecular formula is C12H14N2O3S. The summed E-state index contributed by atoms with van der Waals surface area (Å²) in [5.74, 6) is 0. The van der Waals surface area contributed by atoms with E-state index >= 15 is 0 Å². The Morgan fingerprint density at radius 1 is 1.33 bits per heavy atom. The fourth-order valence-electron chi connectivity index (χ4n) is 1.68. The lowest BCUT2D eigenvalue weighted by Gasteiger charge is -2.11. The van der Waals surface area contributed by atoms with Gasteiger partial charge in [0.25, 0.3) is 0 Å². The van der Waals surface area contributed by atoms with E-state index in [0.717, 1.165) is 6.26 Å². The third-order valence-electron chi connectivity index (χ3n) is 2.62. The van der Waals surface area contributed by atoms with Gasteiger partial charge in [-0.3, -0.25) is 0 Å². The van der Waals surface area contributed by atoms with Crippen LogP contribution in [0.1, 0.15) is 18.6 Å². The fraction of sp³-hybridized carbons (Fsp3) is 0.250. The van der Waals surface area contributed by atoms with Crippen LogP contribution in [0, 0.1) is 0 Å². The molecule has 1 heterocycles. The van der Waals surface area contributed by atoms with Crippen LogP contribution in [0.4, 0.5) is 0 Å². The molecule has 0 radical (unpaired) electrons. The summed E-state index contributed by atoms with van der Waals surface area (Å²) < 4.78 is 24.2. The largest absolute Gasteiger partial charge is 0.389 e. The van der Waals surface area contributed by atoms with Crippen LogP contribution in [0.3, 0.4) is 0 Å². The molecule has 0 spiro atoms. The summed E-state index contributed by atoms with van der Waals surface area (Å²) in [5, 5.41) is 13.7. The van der Waals surface area contributed by atoms with Crippen LogP contribution in [-0.4, -0.2) is 29.6 Å². The van der Waals surface area contributed by atoms with E-state index < -0.39 is 15.9 Å². The lowest BCUT2D eigenvalue weighted by atomic mass is 10.1. The first-order valence-corrected chi connectivity index (χ1v) is 7.31. The van der Waals surface area contributed by atoms with E-state index in [2.05, 4.69) is 5.10 Å². The van der Waals surface area contributed by atoms with Crippen molar-refractivity contribution in [1.82, 2.24) is 9.78 Å². The van der Waals surface area contributed by atoms with E-state index in [9.17, 15) is 13.5 Å². The highest BCUT2D eigenvalue weighted by Gasteiger charge is 2.13. The number of rotatable bonds is 3. The van der Waals surface area contributed by atoms with Gasteiger partial charge in [-0.25, -0.2) is 13.1 Å². The number of aliphatic hydroxyl groups excluding tert-OH is 1. The van der Waals surface area contributed by atoms with Crippen LogP contribution in [0.15, 0.2) is 41.6 Å². The lowest BCUT2D eigenvalue weighted by Crippen LogP contribution is -2.02. The van der Waals surface area contributed by atoms with Gasteiger partial charge in [0.2, 0.25) is 0 Å². The molecule has 0 aliphatic heterocycles. The van der Waals surface area contributed by atoms with Gasteiger partial charge in [0.15, 0.2) is 9.84 Å². The van der Waals surface area contributed by atoms with Crippen LogP contribution in [0.2, 0.25) is 0 Å². The van der Waals surface area contributed by atoms with Crippen LogP contribution in [0.5, 0.6) is 0 Å². The minimum absolute atomic E-state index is 0.155. The summed E-state index contributed by atoms with van der Waals surface area (Å²) in [7, 11) is -3.27. The third kappa shape index (κ3) is 2.44. The highest BCUT2D eigenvalue weighted by Crippen LogP contribution is 2.21. The summed E-state index contributed by atoms with van der Waals surface area (Å²) in [5.41, 5.74) is 1.36. The molecule has 1 aromatic heterocycles. The van der Waals surface area contributed by atoms with E-state index in [0.29, 0.717) is 11.3 Å². The van der Waals surface area contributed by atoms with Gasteiger partial charge in [-0.2, -0.15) is 5.10 Å². The molecule has 0 unspecified atom stereocenters. The zero-order valence-electron chi connectivity index (χ0n) is 10.1. The molecule has 0 fully saturated rings. The van der Waals surface area contributed by atoms with Gasteiger partial charge in [-0.1, -0.05) is 18.2 Å². The maximum Gasteiger partial charge on any atom is 0.178 e. The molecule has 0 aliphatic rings. The second-order valence-electron chi connectivity index (χ2n) is 4.13. The van der Waals surface area contributed by atoms with Crippen molar-refractivity contribution >= 4 is 9.84 Å². The van der Waals surface area contributed by atoms with Crippen molar-refractivity contribution in [3.63, 3.8) is 0 Å². The summed E-state index contributed by atoms with van der Waals surface area (Å²) in [6.45, 7) is 1.65. The Hall–Kier alpha value is -1.66. The van der Waals surface area contributed by atoms with Crippen molar-refractivity contribution in [2.45, 2.75) is 17.9 Å². The van der Waals surface area contributed by atoms with Crippen LogP contribution in [0.25, 0.3) is 5.69 Å². The Morgan fingerprint density at radius 2 is 2.00 bits per heavy atom. The van der Waals surface area contributed by atoms with E-state index in [1.165, 1.54) is 17.1 Å². The number of hydrogen-bond acceptors (Lipinski definition) is 4. The molecule has 0 saturated carbocycles. The summed E-state index contributed by atoms with van der Waals surface area (Å²) in [6, 6.07) is 7.18. The van der Waals surface area contributed by atoms with Gasteiger partial charge in [-0.15, -0.1) is 0 Å². The normalized spacial score (nSPS) is 13.5. The van der Waals surface area contributed by atoms with E-state index in [1.54, 1.807) is 19.1 Å². The number of nitrogens with zero attached hydrogens (tertiary/aromatic N) is 2. The molecule has 1 aromatic carbocycles. The summed E-state index contributed by atoms with van der Waals surface area (Å²) in [6.07, 6.45) is 3.23. The second kappa shape index (κ2) is 4.55. The van der Waals surface area contributed by atoms with Gasteiger partial charge >= 0.3 is 0 Å². The molecule has 1 N–H and O–H groups in total. The minimum atomic E-state index is -3.27. The summed E-state index contributed by atoms with van der Waals surface area (Å²) >= 11 is 0. The Kier molecular flexibility index (Phi) is 3.23. The van der Waals surface area contributed by atoms with Gasteiger partial charge in [-0.05, 0) is 13.0 Å². The molecular weight excluding hydrogens is 252 g/mol. The van der Waals surface area contributed by atoms with Crippen molar-refractivity contribution in [2.24, 2.45) is 0 Å². The van der Waals surface area contributed by atoms with Crippen LogP contribution >= 0.6 is 0 Å². The predicted molar refractivity (Wildman–Crippen MR) is 67.3 cm³/mol. The first-order valence-electron chi connectivity index (χ1n) is 5.41. The van der Waals surface area contributed by atoms with E-state index in [-0.39, 0.29) is 4.90 Å². The highest BCUT2D eigenvalue weighted by atomic mass is 32.2. The SMILES string of the molecule is C[C@H](O)c1ccccc1-n1cc(S(C)(=O)=O)cn1. The fourth-order valence-corrected chi connectivity index (χ4v) is 2.21. The number of aromatic nitrogens is 2. The molecule has 0 amide bonds. The standard InChI is InChI=1S/C12H14N2O3S/c1-9(15)11-5-3-4-6-12(11)14-8-10(7-13-14)18(2,16)17/h3-9,15H,1-2H3/t9-/m0/s1. The zero-order valence-corrected chi connectivity index (χ0v) is 10.9. The zero-order chi connectivity index (χ0) is 13.3. The second-order valence-corrected chi connectivity index (χ2v) is 6.14. The minimum Gasteiger partial charge on any atom is -0.389 e. The Labute approximate surface area is 106 Å². The van der Waals surface area contributed by atoms with Crippen molar-refractivity contribution in [3.8, 4) is 5.69 Å². The van der Waals surface area contributed by atoms with Gasteiger partial charge in [0.1, 0.15) is 4.90 Å². The van der Waals surface area contributed by atoms with E-state index in [1.807, 2.05) is 12.1 Å². The first-order chi connectivity index (χ1) is 8.39. The number of aliphatic hydroxyl groups is 1. The Bertz CT molecular complexity index is 659. The Balaban J connectivity index is 2.53. The number of hydrogen-bond donors (Lipinski definition) is 1. The smallest absolute Gasteiger partial charge is 0.178 e. The molecule has 18 heavy (non-hydrogen) atoms. The highest BCUT2D eigenvalue weighted by molar-refractivity contribution is 7.90. The molecule has 0 saturated heterocycles. The number of para-hydroxylation sites is 1. The molecule has 2 aromatic rings. The van der Waals surface area contributed by atoms with E-state index in [4.69, 9.17) is 0 Å². The van der Waals surface area contributed by atoms with Gasteiger partial charge in [0.05, 0.1) is 18.0 Å². The first kappa shape index (κ1) is 12.8. The van der Waals surface area contributed by atoms with Gasteiger partial charge < -0.3 is 5.11 Å². The molecule has 0 bridgehead atoms. The topological polar surface area (TPSA) is 72.2 Å². The molecule has 6 heteroatoms. The monoisotopic (exact) mass is 266 g/mol. The molecule has 5 nitrogen and oxygen atoms in total. The van der Waals surface area contributed by atoms with Crippen molar-refractivity contribution in [1.29, 1.82) is 0 Å². The lowest BCUT2D eigenvalue weighted by molar-refractivity contribution is 0.199.